The Kier molecular flexibility index (Phi) is 5.83. The van der Waals surface area contributed by atoms with Gasteiger partial charge in [0.05, 0.1) is 0 Å². The lowest BCUT2D eigenvalue weighted by molar-refractivity contribution is -0.103. The van der Waals surface area contributed by atoms with Gasteiger partial charge in [-0.3, -0.25) is 0 Å². The lowest BCUT2D eigenvalue weighted by Crippen LogP contribution is -2.25. The minimum atomic E-state index is 0.875. The van der Waals surface area contributed by atoms with Crippen LogP contribution in [0.25, 0.3) is 0 Å². The van der Waals surface area contributed by atoms with Crippen molar-refractivity contribution < 1.29 is 5.21 Å². The molecule has 0 aromatic heterocycles. The molecular weight excluding hydrogens is 242 g/mol. The van der Waals surface area contributed by atoms with Crippen LogP contribution in [0.15, 0.2) is 34.8 Å². The van der Waals surface area contributed by atoms with E-state index in [0.29, 0.717) is 0 Å². The van der Waals surface area contributed by atoms with Gasteiger partial charge in [0, 0.05) is 17.6 Å². The van der Waals surface area contributed by atoms with E-state index in [9.17, 15) is 0 Å². The third-order valence-corrected chi connectivity index (χ3v) is 2.59. The van der Waals surface area contributed by atoms with Gasteiger partial charge in [0.1, 0.15) is 0 Å². The molecule has 1 saturated heterocycles. The summed E-state index contributed by atoms with van der Waals surface area (Å²) >= 11 is 3.31. The van der Waals surface area contributed by atoms with Crippen LogP contribution in [0.2, 0.25) is 0 Å². The van der Waals surface area contributed by atoms with Gasteiger partial charge in [-0.2, -0.15) is 5.06 Å². The van der Waals surface area contributed by atoms with Crippen LogP contribution in [0.3, 0.4) is 0 Å². The molecule has 2 nitrogen and oxygen atoms in total. The normalized spacial score (nSPS) is 17.0. The molecule has 2 rings (SSSR count). The molecule has 0 radical (unpaired) electrons. The second-order valence-electron chi connectivity index (χ2n) is 3.31. The summed E-state index contributed by atoms with van der Waals surface area (Å²) in [5, 5.41) is 10.1. The van der Waals surface area contributed by atoms with Crippen LogP contribution >= 0.6 is 15.9 Å². The van der Waals surface area contributed by atoms with Crippen LogP contribution in [0, 0.1) is 0 Å². The zero-order valence-electron chi connectivity index (χ0n) is 8.19. The number of hydroxylamine groups is 2. The van der Waals surface area contributed by atoms with E-state index in [4.69, 9.17) is 5.21 Å². The highest BCUT2D eigenvalue weighted by molar-refractivity contribution is 9.10. The molecule has 1 aliphatic heterocycles. The van der Waals surface area contributed by atoms with Crippen molar-refractivity contribution in [3.05, 3.63) is 34.8 Å². The minimum absolute atomic E-state index is 0.875. The number of halogens is 1. The van der Waals surface area contributed by atoms with E-state index in [1.165, 1.54) is 11.5 Å². The quantitative estimate of drug-likeness (QED) is 0.771. The van der Waals surface area contributed by atoms with Crippen molar-refractivity contribution >= 4 is 15.9 Å². The maximum Gasteiger partial charge on any atom is 0.0238 e. The zero-order chi connectivity index (χ0) is 10.2. The standard InChI is InChI=1S/C6H5Br.C5H11NO/c2*7-6-4-2-1-3-5-6/h1-5H;7H,1-5H2. The van der Waals surface area contributed by atoms with Gasteiger partial charge in [0.15, 0.2) is 0 Å². The largest absolute Gasteiger partial charge is 0.314 e. The molecule has 3 heteroatoms. The highest BCUT2D eigenvalue weighted by atomic mass is 79.9. The number of piperidine rings is 1. The van der Waals surface area contributed by atoms with Crippen LogP contribution in [-0.2, 0) is 0 Å². The first-order valence-electron chi connectivity index (χ1n) is 4.93. The molecule has 0 unspecified atom stereocenters. The smallest absolute Gasteiger partial charge is 0.0238 e. The summed E-state index contributed by atoms with van der Waals surface area (Å²) in [5.74, 6) is 0. The van der Waals surface area contributed by atoms with Crippen LogP contribution in [-0.4, -0.2) is 23.4 Å². The van der Waals surface area contributed by atoms with Crippen LogP contribution < -0.4 is 0 Å². The summed E-state index contributed by atoms with van der Waals surface area (Å²) in [6, 6.07) is 9.97. The van der Waals surface area contributed by atoms with Crippen molar-refractivity contribution in [1.29, 1.82) is 0 Å². The second-order valence-corrected chi connectivity index (χ2v) is 4.23. The second kappa shape index (κ2) is 6.98. The fourth-order valence-corrected chi connectivity index (χ4v) is 1.60. The lowest BCUT2D eigenvalue weighted by Gasteiger charge is -2.18. The Morgan fingerprint density at radius 1 is 1.00 bits per heavy atom. The Morgan fingerprint density at radius 3 is 1.86 bits per heavy atom. The summed E-state index contributed by atoms with van der Waals surface area (Å²) in [4.78, 5) is 0. The highest BCUT2D eigenvalue weighted by Gasteiger charge is 2.04. The molecule has 1 aromatic carbocycles. The van der Waals surface area contributed by atoms with Gasteiger partial charge in [-0.05, 0) is 25.0 Å². The van der Waals surface area contributed by atoms with E-state index < -0.39 is 0 Å². The Labute approximate surface area is 93.6 Å². The SMILES string of the molecule is Brc1ccccc1.ON1CCCCC1. The molecule has 1 aromatic rings. The molecule has 0 amide bonds. The fraction of sp³-hybridized carbons (Fsp3) is 0.455. The van der Waals surface area contributed by atoms with Crippen molar-refractivity contribution in [2.45, 2.75) is 19.3 Å². The molecule has 0 aliphatic carbocycles. The summed E-state index contributed by atoms with van der Waals surface area (Å²) in [6.45, 7) is 1.75. The number of rotatable bonds is 0. The molecule has 1 fully saturated rings. The van der Waals surface area contributed by atoms with E-state index in [-0.39, 0.29) is 0 Å². The molecule has 1 N–H and O–H groups in total. The van der Waals surface area contributed by atoms with Gasteiger partial charge in [-0.15, -0.1) is 0 Å². The number of hydrogen-bond acceptors (Lipinski definition) is 2. The van der Waals surface area contributed by atoms with E-state index in [1.807, 2.05) is 30.3 Å². The van der Waals surface area contributed by atoms with Crippen molar-refractivity contribution in [2.75, 3.05) is 13.1 Å². The third-order valence-electron chi connectivity index (χ3n) is 2.07. The van der Waals surface area contributed by atoms with Crippen LogP contribution in [0.1, 0.15) is 19.3 Å². The molecule has 0 atom stereocenters. The maximum absolute atomic E-state index is 8.74. The van der Waals surface area contributed by atoms with E-state index in [2.05, 4.69) is 15.9 Å². The summed E-state index contributed by atoms with van der Waals surface area (Å²) in [5.41, 5.74) is 0. The molecule has 0 spiro atoms. The van der Waals surface area contributed by atoms with Crippen LogP contribution in [0.5, 0.6) is 0 Å². The highest BCUT2D eigenvalue weighted by Crippen LogP contribution is 2.05. The first kappa shape index (κ1) is 11.7. The molecule has 1 aliphatic rings. The van der Waals surface area contributed by atoms with Gasteiger partial charge < -0.3 is 5.21 Å². The average Bonchev–Trinajstić information content (AvgIpc) is 2.21. The topological polar surface area (TPSA) is 23.5 Å². The predicted octanol–water partition coefficient (Wildman–Crippen LogP) is 3.31. The first-order valence-corrected chi connectivity index (χ1v) is 5.73. The average molecular weight is 258 g/mol. The number of hydrogen-bond donors (Lipinski definition) is 1. The molecule has 1 heterocycles. The van der Waals surface area contributed by atoms with Gasteiger partial charge >= 0.3 is 0 Å². The summed E-state index contributed by atoms with van der Waals surface area (Å²) < 4.78 is 1.13. The third kappa shape index (κ3) is 5.37. The number of benzene rings is 1. The van der Waals surface area contributed by atoms with Gasteiger partial charge in [-0.25, -0.2) is 0 Å². The Hall–Kier alpha value is -0.380. The Bertz CT molecular complexity index is 234. The van der Waals surface area contributed by atoms with E-state index >= 15 is 0 Å². The minimum Gasteiger partial charge on any atom is -0.314 e. The molecule has 78 valence electrons. The first-order chi connectivity index (χ1) is 6.79. The zero-order valence-corrected chi connectivity index (χ0v) is 9.78. The molecule has 14 heavy (non-hydrogen) atoms. The number of nitrogens with zero attached hydrogens (tertiary/aromatic N) is 1. The molecule has 0 bridgehead atoms. The maximum atomic E-state index is 8.74. The fourth-order valence-electron chi connectivity index (χ4n) is 1.29. The summed E-state index contributed by atoms with van der Waals surface area (Å²) in [6.07, 6.45) is 3.62. The van der Waals surface area contributed by atoms with E-state index in [0.717, 1.165) is 30.4 Å². The van der Waals surface area contributed by atoms with Gasteiger partial charge in [0.25, 0.3) is 0 Å². The lowest BCUT2D eigenvalue weighted by atomic mass is 10.2. The van der Waals surface area contributed by atoms with Crippen LogP contribution in [0.4, 0.5) is 0 Å². The molecular formula is C11H16BrNO. The Morgan fingerprint density at radius 2 is 1.57 bits per heavy atom. The Balaban J connectivity index is 0.000000140. The van der Waals surface area contributed by atoms with E-state index in [1.54, 1.807) is 0 Å². The van der Waals surface area contributed by atoms with Gasteiger partial charge in [-0.1, -0.05) is 40.5 Å². The van der Waals surface area contributed by atoms with Crippen molar-refractivity contribution in [2.24, 2.45) is 0 Å². The predicted molar refractivity (Wildman–Crippen MR) is 61.4 cm³/mol. The van der Waals surface area contributed by atoms with Gasteiger partial charge in [0.2, 0.25) is 0 Å². The summed E-state index contributed by atoms with van der Waals surface area (Å²) in [7, 11) is 0. The van der Waals surface area contributed by atoms with Crippen molar-refractivity contribution in [1.82, 2.24) is 5.06 Å². The molecule has 0 saturated carbocycles. The van der Waals surface area contributed by atoms with Crippen molar-refractivity contribution in [3.63, 3.8) is 0 Å². The monoisotopic (exact) mass is 257 g/mol. The van der Waals surface area contributed by atoms with Crippen molar-refractivity contribution in [3.8, 4) is 0 Å².